The summed E-state index contributed by atoms with van der Waals surface area (Å²) in [5, 5.41) is 16.2. The van der Waals surface area contributed by atoms with Crippen molar-refractivity contribution in [1.82, 2.24) is 24.5 Å². The van der Waals surface area contributed by atoms with Gasteiger partial charge in [0.1, 0.15) is 5.75 Å². The van der Waals surface area contributed by atoms with Crippen molar-refractivity contribution in [3.63, 3.8) is 0 Å². The molecule has 1 aromatic carbocycles. The van der Waals surface area contributed by atoms with Crippen molar-refractivity contribution in [3.8, 4) is 5.75 Å². The van der Waals surface area contributed by atoms with E-state index in [1.807, 2.05) is 30.6 Å². The van der Waals surface area contributed by atoms with Crippen molar-refractivity contribution >= 4 is 28.6 Å². The Hall–Kier alpha value is -3.68. The van der Waals surface area contributed by atoms with Gasteiger partial charge in [0.2, 0.25) is 5.95 Å². The molecule has 8 nitrogen and oxygen atoms in total. The summed E-state index contributed by atoms with van der Waals surface area (Å²) in [6, 6.07) is 11.5. The molecule has 0 amide bonds. The number of hydrogen-bond acceptors (Lipinski definition) is 7. The number of benzene rings is 1. The van der Waals surface area contributed by atoms with Gasteiger partial charge in [-0.3, -0.25) is 4.98 Å². The highest BCUT2D eigenvalue weighted by Gasteiger charge is 2.21. The standard InChI is InChI=1S/C24H27N7O/c32-20-8-6-17(7-9-20)10-15-26-22-21-23(31(16-27-21)19-4-2-1-3-5-19)30-24(29-22)28-18-11-13-25-14-12-18/h6-9,11-14,16,19,32H,1-5,10,15H2,(H2,25,26,28,29,30). The van der Waals surface area contributed by atoms with E-state index in [0.717, 1.165) is 47.5 Å². The Morgan fingerprint density at radius 1 is 0.969 bits per heavy atom. The van der Waals surface area contributed by atoms with E-state index >= 15 is 0 Å². The summed E-state index contributed by atoms with van der Waals surface area (Å²) in [7, 11) is 0. The van der Waals surface area contributed by atoms with Crippen LogP contribution in [0.5, 0.6) is 5.75 Å². The lowest BCUT2D eigenvalue weighted by atomic mass is 9.95. The molecule has 4 aromatic rings. The van der Waals surface area contributed by atoms with Crippen LogP contribution in [0.15, 0.2) is 55.1 Å². The number of aromatic nitrogens is 5. The summed E-state index contributed by atoms with van der Waals surface area (Å²) in [5.41, 5.74) is 3.68. The Kier molecular flexibility index (Phi) is 5.83. The Bertz CT molecular complexity index is 1170. The first-order chi connectivity index (χ1) is 15.8. The molecule has 0 aliphatic heterocycles. The van der Waals surface area contributed by atoms with Crippen LogP contribution in [-0.2, 0) is 6.42 Å². The van der Waals surface area contributed by atoms with Gasteiger partial charge in [-0.15, -0.1) is 0 Å². The largest absolute Gasteiger partial charge is 0.508 e. The number of rotatable bonds is 7. The second-order valence-electron chi connectivity index (χ2n) is 8.22. The Morgan fingerprint density at radius 2 is 1.75 bits per heavy atom. The summed E-state index contributed by atoms with van der Waals surface area (Å²) in [6.45, 7) is 0.696. The smallest absolute Gasteiger partial charge is 0.231 e. The van der Waals surface area contributed by atoms with Gasteiger partial charge in [0.15, 0.2) is 17.0 Å². The Labute approximate surface area is 186 Å². The number of nitrogens with zero attached hydrogens (tertiary/aromatic N) is 5. The van der Waals surface area contributed by atoms with Gasteiger partial charge < -0.3 is 20.3 Å². The quantitative estimate of drug-likeness (QED) is 0.387. The van der Waals surface area contributed by atoms with E-state index in [4.69, 9.17) is 9.97 Å². The normalized spacial score (nSPS) is 14.5. The third kappa shape index (κ3) is 4.49. The van der Waals surface area contributed by atoms with Crippen LogP contribution >= 0.6 is 0 Å². The minimum Gasteiger partial charge on any atom is -0.508 e. The van der Waals surface area contributed by atoms with Crippen LogP contribution in [0.1, 0.15) is 43.7 Å². The molecule has 0 atom stereocenters. The van der Waals surface area contributed by atoms with Gasteiger partial charge in [0.25, 0.3) is 0 Å². The molecule has 5 rings (SSSR count). The molecule has 3 aromatic heterocycles. The van der Waals surface area contributed by atoms with E-state index in [1.54, 1.807) is 24.5 Å². The van der Waals surface area contributed by atoms with Crippen molar-refractivity contribution in [1.29, 1.82) is 0 Å². The topological polar surface area (TPSA) is 101 Å². The van der Waals surface area contributed by atoms with E-state index < -0.39 is 0 Å². The number of pyridine rings is 1. The summed E-state index contributed by atoms with van der Waals surface area (Å²) < 4.78 is 2.22. The molecule has 0 spiro atoms. The molecule has 3 N–H and O–H groups in total. The third-order valence-electron chi connectivity index (χ3n) is 5.97. The minimum absolute atomic E-state index is 0.277. The summed E-state index contributed by atoms with van der Waals surface area (Å²) >= 11 is 0. The highest BCUT2D eigenvalue weighted by molar-refractivity contribution is 5.84. The highest BCUT2D eigenvalue weighted by atomic mass is 16.3. The van der Waals surface area contributed by atoms with Gasteiger partial charge in [-0.1, -0.05) is 31.4 Å². The van der Waals surface area contributed by atoms with Crippen LogP contribution in [0.3, 0.4) is 0 Å². The average molecular weight is 430 g/mol. The maximum Gasteiger partial charge on any atom is 0.231 e. The zero-order valence-corrected chi connectivity index (χ0v) is 17.9. The number of fused-ring (bicyclic) bond motifs is 1. The molecular formula is C24H27N7O. The van der Waals surface area contributed by atoms with E-state index in [9.17, 15) is 5.11 Å². The number of phenols is 1. The lowest BCUT2D eigenvalue weighted by Crippen LogP contribution is -2.13. The van der Waals surface area contributed by atoms with Gasteiger partial charge in [-0.2, -0.15) is 9.97 Å². The molecule has 1 aliphatic rings. The van der Waals surface area contributed by atoms with Crippen molar-refractivity contribution in [2.45, 2.75) is 44.6 Å². The van der Waals surface area contributed by atoms with Crippen LogP contribution < -0.4 is 10.6 Å². The second-order valence-corrected chi connectivity index (χ2v) is 8.22. The average Bonchev–Trinajstić information content (AvgIpc) is 3.26. The van der Waals surface area contributed by atoms with Gasteiger partial charge >= 0.3 is 0 Å². The first-order valence-corrected chi connectivity index (χ1v) is 11.2. The summed E-state index contributed by atoms with van der Waals surface area (Å²) in [5.74, 6) is 1.53. The maximum atomic E-state index is 9.49. The minimum atomic E-state index is 0.277. The molecule has 0 saturated heterocycles. The summed E-state index contributed by atoms with van der Waals surface area (Å²) in [6.07, 6.45) is 12.3. The monoisotopic (exact) mass is 429 g/mol. The van der Waals surface area contributed by atoms with Crippen molar-refractivity contribution in [2.75, 3.05) is 17.2 Å². The molecule has 0 bridgehead atoms. The molecule has 0 radical (unpaired) electrons. The molecule has 164 valence electrons. The predicted octanol–water partition coefficient (Wildman–Crippen LogP) is 4.83. The highest BCUT2D eigenvalue weighted by Crippen LogP contribution is 2.32. The fraction of sp³-hybridized carbons (Fsp3) is 0.333. The first kappa shape index (κ1) is 20.2. The van der Waals surface area contributed by atoms with Crippen LogP contribution in [0, 0.1) is 0 Å². The van der Waals surface area contributed by atoms with Gasteiger partial charge in [-0.25, -0.2) is 4.98 Å². The molecule has 1 aliphatic carbocycles. The first-order valence-electron chi connectivity index (χ1n) is 11.2. The lowest BCUT2D eigenvalue weighted by Gasteiger charge is -2.23. The fourth-order valence-electron chi connectivity index (χ4n) is 4.27. The zero-order chi connectivity index (χ0) is 21.8. The Morgan fingerprint density at radius 3 is 2.53 bits per heavy atom. The number of imidazole rings is 1. The Balaban J connectivity index is 1.43. The third-order valence-corrected chi connectivity index (χ3v) is 5.97. The van der Waals surface area contributed by atoms with Crippen LogP contribution in [0.2, 0.25) is 0 Å². The van der Waals surface area contributed by atoms with Crippen LogP contribution in [-0.4, -0.2) is 36.2 Å². The number of phenolic OH excluding ortho intramolecular Hbond substituents is 1. The SMILES string of the molecule is Oc1ccc(CCNc2nc(Nc3ccncc3)nc3c2ncn3C2CCCCC2)cc1. The number of hydrogen-bond donors (Lipinski definition) is 3. The number of nitrogens with one attached hydrogen (secondary N) is 2. The predicted molar refractivity (Wildman–Crippen MR) is 125 cm³/mol. The fourth-order valence-corrected chi connectivity index (χ4v) is 4.27. The molecule has 3 heterocycles. The zero-order valence-electron chi connectivity index (χ0n) is 17.9. The van der Waals surface area contributed by atoms with Crippen LogP contribution in [0.4, 0.5) is 17.5 Å². The molecule has 0 unspecified atom stereocenters. The van der Waals surface area contributed by atoms with Crippen molar-refractivity contribution in [2.24, 2.45) is 0 Å². The van der Waals surface area contributed by atoms with Gasteiger partial charge in [-0.05, 0) is 49.1 Å². The number of aromatic hydroxyl groups is 1. The van der Waals surface area contributed by atoms with E-state index in [-0.39, 0.29) is 5.75 Å². The molecule has 8 heteroatoms. The summed E-state index contributed by atoms with van der Waals surface area (Å²) in [4.78, 5) is 18.3. The molecule has 1 fully saturated rings. The van der Waals surface area contributed by atoms with Crippen molar-refractivity contribution in [3.05, 3.63) is 60.7 Å². The van der Waals surface area contributed by atoms with Crippen molar-refractivity contribution < 1.29 is 5.11 Å². The van der Waals surface area contributed by atoms with Gasteiger partial charge in [0.05, 0.1) is 6.33 Å². The molecule has 32 heavy (non-hydrogen) atoms. The lowest BCUT2D eigenvalue weighted by molar-refractivity contribution is 0.358. The van der Waals surface area contributed by atoms with E-state index in [0.29, 0.717) is 18.5 Å². The maximum absolute atomic E-state index is 9.49. The van der Waals surface area contributed by atoms with Gasteiger partial charge in [0, 0.05) is 30.7 Å². The molecule has 1 saturated carbocycles. The second kappa shape index (κ2) is 9.21. The number of anilines is 3. The van der Waals surface area contributed by atoms with Crippen LogP contribution in [0.25, 0.3) is 11.2 Å². The molecular weight excluding hydrogens is 402 g/mol. The van der Waals surface area contributed by atoms with E-state index in [1.165, 1.54) is 19.3 Å². The van der Waals surface area contributed by atoms with E-state index in [2.05, 4.69) is 25.2 Å².